The smallest absolute Gasteiger partial charge is 0.116 e. The van der Waals surface area contributed by atoms with Crippen LogP contribution in [-0.4, -0.2) is 23.3 Å². The van der Waals surface area contributed by atoms with Gasteiger partial charge in [-0.3, -0.25) is 0 Å². The van der Waals surface area contributed by atoms with Crippen LogP contribution in [0.1, 0.15) is 6.42 Å². The summed E-state index contributed by atoms with van der Waals surface area (Å²) >= 11 is 55.6. The van der Waals surface area contributed by atoms with E-state index in [0.29, 0.717) is 10.6 Å². The van der Waals surface area contributed by atoms with Crippen molar-refractivity contribution in [1.29, 1.82) is 0 Å². The van der Waals surface area contributed by atoms with Gasteiger partial charge in [0.25, 0.3) is 0 Å². The van der Waals surface area contributed by atoms with Gasteiger partial charge in [0.2, 0.25) is 0 Å². The Labute approximate surface area is 167 Å². The Kier molecular flexibility index (Phi) is 5.45. The lowest BCUT2D eigenvalue weighted by molar-refractivity contribution is 0.658. The predicted octanol–water partition coefficient (Wildman–Crippen LogP) is 7.12. The van der Waals surface area contributed by atoms with Gasteiger partial charge in [-0.25, -0.2) is 0 Å². The van der Waals surface area contributed by atoms with Crippen LogP contribution in [0, 0.1) is 0 Å². The van der Waals surface area contributed by atoms with Crippen molar-refractivity contribution >= 4 is 104 Å². The maximum atomic E-state index is 6.53. The van der Waals surface area contributed by atoms with Crippen molar-refractivity contribution in [1.82, 2.24) is 0 Å². The summed E-state index contributed by atoms with van der Waals surface area (Å²) in [5.41, 5.74) is 0.387. The molecule has 21 heavy (non-hydrogen) atoms. The van der Waals surface area contributed by atoms with Gasteiger partial charge in [-0.2, -0.15) is 0 Å². The normalized spacial score (nSPS) is 36.3. The molecule has 0 amide bonds. The minimum Gasteiger partial charge on any atom is -0.116 e. The zero-order valence-corrected chi connectivity index (χ0v) is 16.8. The molecule has 0 aromatic rings. The lowest BCUT2D eigenvalue weighted by atomic mass is 9.91. The molecular weight excluding hydrogens is 463 g/mol. The molecule has 0 saturated carbocycles. The van der Waals surface area contributed by atoms with Crippen LogP contribution in [0.4, 0.5) is 0 Å². The van der Waals surface area contributed by atoms with E-state index in [-0.39, 0.29) is 6.42 Å². The molecule has 0 saturated heterocycles. The Balaban J connectivity index is 2.35. The van der Waals surface area contributed by atoms with Crippen LogP contribution >= 0.6 is 104 Å². The van der Waals surface area contributed by atoms with Crippen LogP contribution in [0.3, 0.4) is 0 Å². The van der Waals surface area contributed by atoms with Gasteiger partial charge in [0, 0.05) is 5.03 Å². The zero-order chi connectivity index (χ0) is 16.3. The molecule has 118 valence electrons. The van der Waals surface area contributed by atoms with Gasteiger partial charge in [-0.05, 0) is 30.2 Å². The van der Waals surface area contributed by atoms with Crippen LogP contribution in [0.15, 0.2) is 34.9 Å². The summed E-state index contributed by atoms with van der Waals surface area (Å²) in [5, 5.41) is -0.0924. The van der Waals surface area contributed by atoms with E-state index in [4.69, 9.17) is 104 Å². The molecule has 0 spiro atoms. The minimum atomic E-state index is -1.83. The topological polar surface area (TPSA) is 0 Å². The summed E-state index contributed by atoms with van der Waals surface area (Å²) in [4.78, 5) is -1.00. The second-order valence-corrected chi connectivity index (χ2v) is 10.5. The average Bonchev–Trinajstić information content (AvgIpc) is 2.43. The van der Waals surface area contributed by atoms with E-state index >= 15 is 0 Å². The molecular formula is C12H7Cl9. The van der Waals surface area contributed by atoms with Crippen molar-refractivity contribution in [3.63, 3.8) is 0 Å². The second-order valence-electron chi connectivity index (χ2n) is 4.83. The lowest BCUT2D eigenvalue weighted by Crippen LogP contribution is -2.45. The number of allylic oxidation sites excluding steroid dienone is 6. The van der Waals surface area contributed by atoms with Crippen molar-refractivity contribution in [2.45, 2.75) is 29.7 Å². The van der Waals surface area contributed by atoms with Crippen LogP contribution in [0.2, 0.25) is 0 Å². The molecule has 2 aliphatic rings. The molecule has 9 heteroatoms. The highest BCUT2D eigenvalue weighted by Gasteiger charge is 2.66. The first-order valence-electron chi connectivity index (χ1n) is 5.59. The number of hydrogen-bond donors (Lipinski definition) is 0. The van der Waals surface area contributed by atoms with Crippen molar-refractivity contribution < 1.29 is 0 Å². The molecule has 0 N–H and O–H groups in total. The molecule has 2 atom stereocenters. The lowest BCUT2D eigenvalue weighted by Gasteiger charge is -2.36. The highest BCUT2D eigenvalue weighted by molar-refractivity contribution is 6.72. The molecule has 2 rings (SSSR count). The predicted molar refractivity (Wildman–Crippen MR) is 97.3 cm³/mol. The van der Waals surface area contributed by atoms with E-state index in [2.05, 4.69) is 0 Å². The quantitative estimate of drug-likeness (QED) is 0.298. The largest absolute Gasteiger partial charge is 0.190 e. The first kappa shape index (κ1) is 19.2. The van der Waals surface area contributed by atoms with E-state index in [1.807, 2.05) is 0 Å². The molecule has 0 aromatic heterocycles. The van der Waals surface area contributed by atoms with Gasteiger partial charge in [-0.1, -0.05) is 87.3 Å². The fraction of sp³-hybridized carbons (Fsp3) is 0.500. The fourth-order valence-corrected chi connectivity index (χ4v) is 4.51. The number of halogens is 9. The third-order valence-electron chi connectivity index (χ3n) is 3.32. The molecule has 0 aliphatic heterocycles. The molecule has 0 bridgehead atoms. The molecule has 0 heterocycles. The van der Waals surface area contributed by atoms with Gasteiger partial charge in [0.15, 0.2) is 13.0 Å². The Hall–Kier alpha value is 1.83. The van der Waals surface area contributed by atoms with Gasteiger partial charge >= 0.3 is 0 Å². The van der Waals surface area contributed by atoms with Gasteiger partial charge in [-0.15, -0.1) is 23.2 Å². The first-order valence-corrected chi connectivity index (χ1v) is 9.05. The number of alkyl halides is 8. The molecule has 0 nitrogen and oxygen atoms in total. The van der Waals surface area contributed by atoms with Crippen LogP contribution in [-0.2, 0) is 0 Å². The Bertz CT molecular complexity index is 543. The Morgan fingerprint density at radius 1 is 1.00 bits per heavy atom. The second kappa shape index (κ2) is 5.97. The maximum Gasteiger partial charge on any atom is 0.190 e. The standard InChI is InChI=1S/C12H7Cl9/c13-7-1-2-9(15,8(14)3-7)4-6-5-10(16,17)12(20,21)11(6,18)19/h1-3,5,8H,4H2. The van der Waals surface area contributed by atoms with Crippen LogP contribution < -0.4 is 0 Å². The molecule has 2 aliphatic carbocycles. The first-order chi connectivity index (χ1) is 9.33. The molecule has 0 radical (unpaired) electrons. The minimum absolute atomic E-state index is 0.148. The summed E-state index contributed by atoms with van der Waals surface area (Å²) in [7, 11) is 0. The number of hydrogen-bond acceptors (Lipinski definition) is 0. The van der Waals surface area contributed by atoms with E-state index in [1.54, 1.807) is 18.2 Å². The Morgan fingerprint density at radius 2 is 1.57 bits per heavy atom. The van der Waals surface area contributed by atoms with Gasteiger partial charge < -0.3 is 0 Å². The van der Waals surface area contributed by atoms with Crippen molar-refractivity contribution in [3.8, 4) is 0 Å². The van der Waals surface area contributed by atoms with E-state index in [1.165, 1.54) is 6.08 Å². The highest BCUT2D eigenvalue weighted by atomic mass is 35.5. The monoisotopic (exact) mass is 466 g/mol. The van der Waals surface area contributed by atoms with Crippen LogP contribution in [0.5, 0.6) is 0 Å². The van der Waals surface area contributed by atoms with Crippen LogP contribution in [0.25, 0.3) is 0 Å². The summed E-state index contributed by atoms with van der Waals surface area (Å²) < 4.78 is -5.20. The number of rotatable bonds is 2. The van der Waals surface area contributed by atoms with Crippen molar-refractivity contribution in [3.05, 3.63) is 34.9 Å². The SMILES string of the molecule is ClC1=CC(Cl)C(Cl)(CC2=CC(Cl)(Cl)C(Cl)(Cl)C2(Cl)Cl)C=C1. The van der Waals surface area contributed by atoms with Gasteiger partial charge in [0.05, 0.1) is 10.3 Å². The summed E-state index contributed by atoms with van der Waals surface area (Å²) in [5.74, 6) is 0. The highest BCUT2D eigenvalue weighted by Crippen LogP contribution is 2.64. The van der Waals surface area contributed by atoms with Crippen molar-refractivity contribution in [2.75, 3.05) is 0 Å². The van der Waals surface area contributed by atoms with E-state index in [0.717, 1.165) is 0 Å². The maximum absolute atomic E-state index is 6.53. The average molecular weight is 470 g/mol. The van der Waals surface area contributed by atoms with Gasteiger partial charge in [0.1, 0.15) is 0 Å². The molecule has 0 aromatic carbocycles. The Morgan fingerprint density at radius 3 is 2.00 bits per heavy atom. The fourth-order valence-electron chi connectivity index (χ4n) is 2.07. The zero-order valence-electron chi connectivity index (χ0n) is 10.00. The summed E-state index contributed by atoms with van der Waals surface area (Å²) in [6, 6.07) is 0. The third-order valence-corrected chi connectivity index (χ3v) is 8.47. The summed E-state index contributed by atoms with van der Waals surface area (Å²) in [6.45, 7) is 0. The third kappa shape index (κ3) is 3.20. The molecule has 0 fully saturated rings. The van der Waals surface area contributed by atoms with Crippen molar-refractivity contribution in [2.24, 2.45) is 0 Å². The summed E-state index contributed by atoms with van der Waals surface area (Å²) in [6.07, 6.45) is 6.45. The molecule has 2 unspecified atom stereocenters. The van der Waals surface area contributed by atoms with E-state index < -0.39 is 23.3 Å². The van der Waals surface area contributed by atoms with E-state index in [9.17, 15) is 0 Å².